The summed E-state index contributed by atoms with van der Waals surface area (Å²) in [6.07, 6.45) is 3.35. The molecule has 0 atom stereocenters. The fourth-order valence-corrected chi connectivity index (χ4v) is 2.70. The Morgan fingerprint density at radius 3 is 3.00 bits per heavy atom. The number of nitrogens with one attached hydrogen (secondary N) is 2. The number of hydrogen-bond donors (Lipinski definition) is 2. The van der Waals surface area contributed by atoms with Crippen LogP contribution in [0.25, 0.3) is 21.9 Å². The molecule has 0 radical (unpaired) electrons. The van der Waals surface area contributed by atoms with Crippen molar-refractivity contribution in [2.24, 2.45) is 0 Å². The van der Waals surface area contributed by atoms with Crippen molar-refractivity contribution >= 4 is 27.8 Å². The molecule has 0 aliphatic heterocycles. The summed E-state index contributed by atoms with van der Waals surface area (Å²) in [6, 6.07) is 15.0. The van der Waals surface area contributed by atoms with E-state index in [-0.39, 0.29) is 5.91 Å². The van der Waals surface area contributed by atoms with Crippen LogP contribution in [0.15, 0.2) is 61.1 Å². The molecule has 124 valence electrons. The molecule has 0 unspecified atom stereocenters. The number of hydrogen-bond acceptors (Lipinski definition) is 4. The fraction of sp³-hybridized carbons (Fsp3) is 0.105. The van der Waals surface area contributed by atoms with Gasteiger partial charge >= 0.3 is 0 Å². The second-order valence-electron chi connectivity index (χ2n) is 5.57. The molecule has 0 saturated heterocycles. The summed E-state index contributed by atoms with van der Waals surface area (Å²) in [6.45, 7) is 0.775. The first-order valence-electron chi connectivity index (χ1n) is 7.99. The van der Waals surface area contributed by atoms with Crippen LogP contribution in [-0.2, 0) is 0 Å². The first kappa shape index (κ1) is 15.1. The Kier molecular flexibility index (Phi) is 4.00. The van der Waals surface area contributed by atoms with Crippen LogP contribution in [0.5, 0.6) is 5.75 Å². The van der Waals surface area contributed by atoms with Crippen LogP contribution in [-0.4, -0.2) is 34.0 Å². The third kappa shape index (κ3) is 3.14. The lowest BCUT2D eigenvalue weighted by Gasteiger charge is -2.09. The second kappa shape index (κ2) is 6.60. The van der Waals surface area contributed by atoms with Gasteiger partial charge in [0.1, 0.15) is 17.9 Å². The summed E-state index contributed by atoms with van der Waals surface area (Å²) in [5.41, 5.74) is 3.08. The maximum Gasteiger partial charge on any atom is 0.251 e. The van der Waals surface area contributed by atoms with Crippen molar-refractivity contribution in [3.05, 3.63) is 66.6 Å². The smallest absolute Gasteiger partial charge is 0.251 e. The Morgan fingerprint density at radius 1 is 1.12 bits per heavy atom. The number of fused-ring (bicyclic) bond motifs is 2. The summed E-state index contributed by atoms with van der Waals surface area (Å²) >= 11 is 0. The molecule has 2 aromatic heterocycles. The number of H-pyrrole nitrogens is 1. The third-order valence-corrected chi connectivity index (χ3v) is 3.92. The molecule has 1 amide bonds. The van der Waals surface area contributed by atoms with E-state index in [1.165, 1.54) is 0 Å². The molecule has 2 heterocycles. The molecular weight excluding hydrogens is 316 g/mol. The lowest BCUT2D eigenvalue weighted by Crippen LogP contribution is -2.28. The molecule has 0 aliphatic rings. The topological polar surface area (TPSA) is 79.9 Å². The van der Waals surface area contributed by atoms with E-state index in [1.807, 2.05) is 36.4 Å². The van der Waals surface area contributed by atoms with Crippen LogP contribution < -0.4 is 10.1 Å². The van der Waals surface area contributed by atoms with Gasteiger partial charge in [-0.05, 0) is 30.3 Å². The van der Waals surface area contributed by atoms with Gasteiger partial charge in [-0.1, -0.05) is 18.2 Å². The van der Waals surface area contributed by atoms with Crippen LogP contribution >= 0.6 is 0 Å². The van der Waals surface area contributed by atoms with Crippen LogP contribution in [0.2, 0.25) is 0 Å². The molecule has 25 heavy (non-hydrogen) atoms. The third-order valence-electron chi connectivity index (χ3n) is 3.92. The fourth-order valence-electron chi connectivity index (χ4n) is 2.70. The van der Waals surface area contributed by atoms with Gasteiger partial charge in [0, 0.05) is 17.1 Å². The zero-order valence-corrected chi connectivity index (χ0v) is 13.4. The SMILES string of the molecule is O=C(NCCOc1cccc2cccnc12)c1ccc2nc[nH]c2c1. The maximum absolute atomic E-state index is 12.2. The molecule has 6 heteroatoms. The number of amides is 1. The average molecular weight is 332 g/mol. The van der Waals surface area contributed by atoms with Crippen molar-refractivity contribution < 1.29 is 9.53 Å². The van der Waals surface area contributed by atoms with Crippen molar-refractivity contribution in [1.82, 2.24) is 20.3 Å². The van der Waals surface area contributed by atoms with Crippen LogP contribution in [0.3, 0.4) is 0 Å². The highest BCUT2D eigenvalue weighted by molar-refractivity contribution is 5.97. The lowest BCUT2D eigenvalue weighted by molar-refractivity contribution is 0.0947. The van der Waals surface area contributed by atoms with Gasteiger partial charge in [0.25, 0.3) is 5.91 Å². The van der Waals surface area contributed by atoms with Gasteiger partial charge in [0.2, 0.25) is 0 Å². The summed E-state index contributed by atoms with van der Waals surface area (Å²) in [5, 5.41) is 3.88. The van der Waals surface area contributed by atoms with E-state index in [1.54, 1.807) is 24.7 Å². The first-order chi connectivity index (χ1) is 12.3. The molecule has 6 nitrogen and oxygen atoms in total. The van der Waals surface area contributed by atoms with Gasteiger partial charge < -0.3 is 15.0 Å². The first-order valence-corrected chi connectivity index (χ1v) is 7.99. The molecule has 0 bridgehead atoms. The highest BCUT2D eigenvalue weighted by Gasteiger charge is 2.07. The number of benzene rings is 2. The van der Waals surface area contributed by atoms with E-state index in [2.05, 4.69) is 20.3 Å². The highest BCUT2D eigenvalue weighted by atomic mass is 16.5. The standard InChI is InChI=1S/C19H16N4O2/c24-19(14-6-7-15-16(11-14)23-12-22-15)21-9-10-25-17-5-1-3-13-4-2-8-20-18(13)17/h1-8,11-12H,9-10H2,(H,21,24)(H,22,23). The van der Waals surface area contributed by atoms with E-state index >= 15 is 0 Å². The summed E-state index contributed by atoms with van der Waals surface area (Å²) < 4.78 is 5.77. The second-order valence-corrected chi connectivity index (χ2v) is 5.57. The molecule has 0 aliphatic carbocycles. The predicted octanol–water partition coefficient (Wildman–Crippen LogP) is 2.92. The zero-order valence-electron chi connectivity index (χ0n) is 13.4. The number of para-hydroxylation sites is 1. The molecule has 2 N–H and O–H groups in total. The Labute approximate surface area is 143 Å². The van der Waals surface area contributed by atoms with Gasteiger partial charge in [-0.3, -0.25) is 9.78 Å². The molecule has 4 aromatic rings. The Morgan fingerprint density at radius 2 is 2.04 bits per heavy atom. The van der Waals surface area contributed by atoms with Crippen LogP contribution in [0, 0.1) is 0 Å². The predicted molar refractivity (Wildman–Crippen MR) is 95.7 cm³/mol. The van der Waals surface area contributed by atoms with Gasteiger partial charge in [0.15, 0.2) is 0 Å². The maximum atomic E-state index is 12.2. The Bertz CT molecular complexity index is 1040. The number of carbonyl (C=O) groups excluding carboxylic acids is 1. The minimum atomic E-state index is -0.142. The van der Waals surface area contributed by atoms with Crippen molar-refractivity contribution in [2.45, 2.75) is 0 Å². The minimum Gasteiger partial charge on any atom is -0.489 e. The zero-order chi connectivity index (χ0) is 17.1. The summed E-state index contributed by atoms with van der Waals surface area (Å²) in [4.78, 5) is 23.7. The Balaban J connectivity index is 1.36. The monoisotopic (exact) mass is 332 g/mol. The van der Waals surface area contributed by atoms with Gasteiger partial charge in [0.05, 0.1) is 23.9 Å². The molecule has 0 spiro atoms. The van der Waals surface area contributed by atoms with E-state index < -0.39 is 0 Å². The van der Waals surface area contributed by atoms with E-state index in [9.17, 15) is 4.79 Å². The van der Waals surface area contributed by atoms with Gasteiger partial charge in [-0.15, -0.1) is 0 Å². The van der Waals surface area contributed by atoms with Crippen molar-refractivity contribution in [2.75, 3.05) is 13.2 Å². The molecule has 0 fully saturated rings. The lowest BCUT2D eigenvalue weighted by atomic mass is 10.2. The summed E-state index contributed by atoms with van der Waals surface area (Å²) in [5.74, 6) is 0.572. The van der Waals surface area contributed by atoms with E-state index in [0.29, 0.717) is 24.5 Å². The molecular formula is C19H16N4O2. The number of aromatic nitrogens is 3. The molecule has 4 rings (SSSR count). The largest absolute Gasteiger partial charge is 0.489 e. The van der Waals surface area contributed by atoms with E-state index in [0.717, 1.165) is 21.9 Å². The minimum absolute atomic E-state index is 0.142. The normalized spacial score (nSPS) is 10.9. The number of carbonyl (C=O) groups is 1. The molecule has 2 aromatic carbocycles. The average Bonchev–Trinajstić information content (AvgIpc) is 3.13. The highest BCUT2D eigenvalue weighted by Crippen LogP contribution is 2.22. The Hall–Kier alpha value is -3.41. The number of ether oxygens (including phenoxy) is 1. The van der Waals surface area contributed by atoms with Crippen molar-refractivity contribution in [3.8, 4) is 5.75 Å². The molecule has 0 saturated carbocycles. The quantitative estimate of drug-likeness (QED) is 0.551. The number of rotatable bonds is 5. The van der Waals surface area contributed by atoms with Crippen LogP contribution in [0.4, 0.5) is 0 Å². The van der Waals surface area contributed by atoms with Gasteiger partial charge in [-0.25, -0.2) is 4.98 Å². The van der Waals surface area contributed by atoms with Crippen molar-refractivity contribution in [3.63, 3.8) is 0 Å². The number of pyridine rings is 1. The van der Waals surface area contributed by atoms with Gasteiger partial charge in [-0.2, -0.15) is 0 Å². The number of nitrogens with zero attached hydrogens (tertiary/aromatic N) is 2. The van der Waals surface area contributed by atoms with Crippen molar-refractivity contribution in [1.29, 1.82) is 0 Å². The number of imidazole rings is 1. The summed E-state index contributed by atoms with van der Waals surface area (Å²) in [7, 11) is 0. The van der Waals surface area contributed by atoms with Crippen LogP contribution in [0.1, 0.15) is 10.4 Å². The van der Waals surface area contributed by atoms with E-state index in [4.69, 9.17) is 4.74 Å². The number of aromatic amines is 1.